The van der Waals surface area contributed by atoms with Crippen LogP contribution in [0.3, 0.4) is 0 Å². The lowest BCUT2D eigenvalue weighted by Gasteiger charge is -2.24. The topological polar surface area (TPSA) is 73.2 Å². The highest BCUT2D eigenvalue weighted by atomic mass is 16.2. The molecule has 0 aliphatic carbocycles. The second-order valence-electron chi connectivity index (χ2n) is 4.66. The van der Waals surface area contributed by atoms with Crippen molar-refractivity contribution in [2.75, 3.05) is 20.6 Å². The highest BCUT2D eigenvalue weighted by Gasteiger charge is 2.36. The Morgan fingerprint density at radius 1 is 1.22 bits per heavy atom. The lowest BCUT2D eigenvalue weighted by molar-refractivity contribution is -0.134. The first-order valence-corrected chi connectivity index (χ1v) is 6.33. The summed E-state index contributed by atoms with van der Waals surface area (Å²) in [6, 6.07) is 2.13. The number of carbonyl (C=O) groups is 2. The van der Waals surface area contributed by atoms with Crippen molar-refractivity contribution in [1.29, 1.82) is 5.26 Å². The first-order chi connectivity index (χ1) is 8.43. The SMILES string of the molecule is CCCC(C#N)(CCC)C(=O)NCC(=O)N(C)C. The number of amides is 2. The van der Waals surface area contributed by atoms with Crippen LogP contribution < -0.4 is 5.32 Å². The molecule has 0 radical (unpaired) electrons. The number of nitrogens with one attached hydrogen (secondary N) is 1. The fourth-order valence-corrected chi connectivity index (χ4v) is 1.85. The maximum Gasteiger partial charge on any atom is 0.241 e. The maximum atomic E-state index is 12.1. The fraction of sp³-hybridized carbons (Fsp3) is 0.769. The normalized spacial score (nSPS) is 10.6. The van der Waals surface area contributed by atoms with E-state index in [1.807, 2.05) is 13.8 Å². The van der Waals surface area contributed by atoms with Crippen LogP contribution in [0.2, 0.25) is 0 Å². The molecule has 5 nitrogen and oxygen atoms in total. The van der Waals surface area contributed by atoms with Gasteiger partial charge in [0.15, 0.2) is 0 Å². The molecule has 0 aliphatic rings. The number of hydrogen-bond donors (Lipinski definition) is 1. The molecule has 0 unspecified atom stereocenters. The van der Waals surface area contributed by atoms with Gasteiger partial charge in [0.25, 0.3) is 0 Å². The molecule has 0 fully saturated rings. The third-order valence-corrected chi connectivity index (χ3v) is 2.90. The molecule has 5 heteroatoms. The lowest BCUT2D eigenvalue weighted by Crippen LogP contribution is -2.44. The van der Waals surface area contributed by atoms with E-state index in [1.54, 1.807) is 14.1 Å². The largest absolute Gasteiger partial charge is 0.347 e. The van der Waals surface area contributed by atoms with E-state index in [4.69, 9.17) is 0 Å². The van der Waals surface area contributed by atoms with E-state index in [9.17, 15) is 14.9 Å². The first-order valence-electron chi connectivity index (χ1n) is 6.33. The van der Waals surface area contributed by atoms with Gasteiger partial charge < -0.3 is 10.2 Å². The number of carbonyl (C=O) groups excluding carboxylic acids is 2. The third-order valence-electron chi connectivity index (χ3n) is 2.90. The smallest absolute Gasteiger partial charge is 0.241 e. The Bertz CT molecular complexity index is 326. The number of rotatable bonds is 7. The van der Waals surface area contributed by atoms with Crippen LogP contribution in [0.5, 0.6) is 0 Å². The lowest BCUT2D eigenvalue weighted by atomic mass is 9.80. The van der Waals surface area contributed by atoms with Gasteiger partial charge in [0.2, 0.25) is 11.8 Å². The van der Waals surface area contributed by atoms with Crippen LogP contribution in [0.4, 0.5) is 0 Å². The van der Waals surface area contributed by atoms with Crippen molar-refractivity contribution in [1.82, 2.24) is 10.2 Å². The third kappa shape index (κ3) is 4.36. The van der Waals surface area contributed by atoms with Gasteiger partial charge in [0.1, 0.15) is 5.41 Å². The zero-order chi connectivity index (χ0) is 14.2. The molecular formula is C13H23N3O2. The van der Waals surface area contributed by atoms with Crippen LogP contribution in [-0.4, -0.2) is 37.4 Å². The van der Waals surface area contributed by atoms with Gasteiger partial charge in [-0.15, -0.1) is 0 Å². The summed E-state index contributed by atoms with van der Waals surface area (Å²) < 4.78 is 0. The minimum atomic E-state index is -0.990. The standard InChI is InChI=1S/C13H23N3O2/c1-5-7-13(10-14,8-6-2)12(18)15-9-11(17)16(3)4/h5-9H2,1-4H3,(H,15,18). The second kappa shape index (κ2) is 7.70. The maximum absolute atomic E-state index is 12.1. The van der Waals surface area contributed by atoms with Crippen molar-refractivity contribution in [3.05, 3.63) is 0 Å². The Morgan fingerprint density at radius 3 is 2.06 bits per heavy atom. The van der Waals surface area contributed by atoms with Crippen molar-refractivity contribution in [2.45, 2.75) is 39.5 Å². The molecular weight excluding hydrogens is 230 g/mol. The molecule has 0 aromatic heterocycles. The quantitative estimate of drug-likeness (QED) is 0.743. The Kier molecular flexibility index (Phi) is 7.03. The van der Waals surface area contributed by atoms with E-state index in [2.05, 4.69) is 11.4 Å². The Morgan fingerprint density at radius 2 is 1.72 bits per heavy atom. The van der Waals surface area contributed by atoms with Crippen LogP contribution in [0.15, 0.2) is 0 Å². The molecule has 102 valence electrons. The van der Waals surface area contributed by atoms with Crippen molar-refractivity contribution < 1.29 is 9.59 Å². The summed E-state index contributed by atoms with van der Waals surface area (Å²) in [5.74, 6) is -0.507. The molecule has 1 N–H and O–H groups in total. The monoisotopic (exact) mass is 253 g/mol. The summed E-state index contributed by atoms with van der Waals surface area (Å²) in [6.45, 7) is 3.84. The summed E-state index contributed by atoms with van der Waals surface area (Å²) in [5, 5.41) is 11.9. The van der Waals surface area contributed by atoms with E-state index in [0.717, 1.165) is 12.8 Å². The number of nitrogens with zero attached hydrogens (tertiary/aromatic N) is 2. The summed E-state index contributed by atoms with van der Waals surface area (Å²) in [7, 11) is 3.26. The zero-order valence-electron chi connectivity index (χ0n) is 11.7. The average molecular weight is 253 g/mol. The van der Waals surface area contributed by atoms with Gasteiger partial charge in [-0.2, -0.15) is 5.26 Å². The van der Waals surface area contributed by atoms with Gasteiger partial charge in [-0.05, 0) is 12.8 Å². The van der Waals surface area contributed by atoms with Crippen LogP contribution in [0, 0.1) is 16.7 Å². The summed E-state index contributed by atoms with van der Waals surface area (Å²) in [6.07, 6.45) is 2.59. The van der Waals surface area contributed by atoms with E-state index in [0.29, 0.717) is 12.8 Å². The molecule has 0 spiro atoms. The molecule has 0 aromatic rings. The van der Waals surface area contributed by atoms with Crippen molar-refractivity contribution in [3.8, 4) is 6.07 Å². The second-order valence-corrected chi connectivity index (χ2v) is 4.66. The number of likely N-dealkylation sites (N-methyl/N-ethyl adjacent to an activating group) is 1. The highest BCUT2D eigenvalue weighted by Crippen LogP contribution is 2.29. The molecule has 0 aliphatic heterocycles. The van der Waals surface area contributed by atoms with Gasteiger partial charge in [0.05, 0.1) is 12.6 Å². The molecule has 0 saturated heterocycles. The van der Waals surface area contributed by atoms with E-state index < -0.39 is 5.41 Å². The highest BCUT2D eigenvalue weighted by molar-refractivity contribution is 5.89. The molecule has 0 saturated carbocycles. The van der Waals surface area contributed by atoms with Crippen LogP contribution in [0.25, 0.3) is 0 Å². The van der Waals surface area contributed by atoms with Gasteiger partial charge in [-0.25, -0.2) is 0 Å². The number of hydrogen-bond acceptors (Lipinski definition) is 3. The van der Waals surface area contributed by atoms with Gasteiger partial charge in [0, 0.05) is 14.1 Å². The zero-order valence-corrected chi connectivity index (χ0v) is 11.7. The van der Waals surface area contributed by atoms with Crippen LogP contribution in [0.1, 0.15) is 39.5 Å². The molecule has 18 heavy (non-hydrogen) atoms. The molecule has 2 amide bonds. The van der Waals surface area contributed by atoms with Gasteiger partial charge >= 0.3 is 0 Å². The Balaban J connectivity index is 4.67. The minimum absolute atomic E-state index is 0.0529. The Hall–Kier alpha value is -1.57. The van der Waals surface area contributed by atoms with Gasteiger partial charge in [-0.3, -0.25) is 9.59 Å². The average Bonchev–Trinajstić information content (AvgIpc) is 2.34. The van der Waals surface area contributed by atoms with Crippen molar-refractivity contribution >= 4 is 11.8 Å². The predicted octanol–water partition coefficient (Wildman–Crippen LogP) is 1.30. The Labute approximate surface area is 109 Å². The molecule has 0 aromatic carbocycles. The number of nitriles is 1. The first kappa shape index (κ1) is 16.4. The summed E-state index contributed by atoms with van der Waals surface area (Å²) >= 11 is 0. The van der Waals surface area contributed by atoms with Gasteiger partial charge in [-0.1, -0.05) is 26.7 Å². The molecule has 0 heterocycles. The molecule has 0 bridgehead atoms. The van der Waals surface area contributed by atoms with E-state index in [-0.39, 0.29) is 18.4 Å². The summed E-state index contributed by atoms with van der Waals surface area (Å²) in [4.78, 5) is 24.9. The van der Waals surface area contributed by atoms with Crippen molar-refractivity contribution in [2.24, 2.45) is 5.41 Å². The predicted molar refractivity (Wildman–Crippen MR) is 69.6 cm³/mol. The van der Waals surface area contributed by atoms with E-state index in [1.165, 1.54) is 4.90 Å². The minimum Gasteiger partial charge on any atom is -0.347 e. The van der Waals surface area contributed by atoms with Crippen molar-refractivity contribution in [3.63, 3.8) is 0 Å². The summed E-state index contributed by atoms with van der Waals surface area (Å²) in [5.41, 5.74) is -0.990. The van der Waals surface area contributed by atoms with Crippen LogP contribution in [-0.2, 0) is 9.59 Å². The van der Waals surface area contributed by atoms with Crippen LogP contribution >= 0.6 is 0 Å². The molecule has 0 atom stereocenters. The fourth-order valence-electron chi connectivity index (χ4n) is 1.85. The molecule has 0 rings (SSSR count). The van der Waals surface area contributed by atoms with E-state index >= 15 is 0 Å².